The minimum absolute atomic E-state index is 0.699. The Bertz CT molecular complexity index is 631. The molecule has 0 atom stereocenters. The van der Waals surface area contributed by atoms with Gasteiger partial charge in [-0.1, -0.05) is 34.1 Å². The van der Waals surface area contributed by atoms with Gasteiger partial charge in [0, 0.05) is 10.0 Å². The summed E-state index contributed by atoms with van der Waals surface area (Å²) in [6.07, 6.45) is 1.62. The van der Waals surface area contributed by atoms with Crippen molar-refractivity contribution in [3.05, 3.63) is 47.1 Å². The number of aromatic nitrogens is 3. The van der Waals surface area contributed by atoms with Crippen LogP contribution >= 0.6 is 15.9 Å². The average Bonchev–Trinajstić information content (AvgIpc) is 3.00. The van der Waals surface area contributed by atoms with Crippen molar-refractivity contribution < 1.29 is 4.42 Å². The van der Waals surface area contributed by atoms with Gasteiger partial charge >= 0.3 is 0 Å². The second kappa shape index (κ2) is 4.18. The Morgan fingerprint density at radius 3 is 2.59 bits per heavy atom. The molecule has 0 radical (unpaired) electrons. The molecule has 84 valence electrons. The van der Waals surface area contributed by atoms with Crippen LogP contribution < -0.4 is 0 Å². The molecule has 2 heterocycles. The lowest BCUT2D eigenvalue weighted by Gasteiger charge is -2.01. The number of aromatic amines is 1. The van der Waals surface area contributed by atoms with Crippen molar-refractivity contribution in [1.82, 2.24) is 15.4 Å². The lowest BCUT2D eigenvalue weighted by molar-refractivity contribution is 0.580. The van der Waals surface area contributed by atoms with Crippen LogP contribution in [0.1, 0.15) is 0 Å². The van der Waals surface area contributed by atoms with Gasteiger partial charge in [0.15, 0.2) is 11.5 Å². The van der Waals surface area contributed by atoms with Crippen LogP contribution in [0.25, 0.3) is 22.7 Å². The van der Waals surface area contributed by atoms with Gasteiger partial charge < -0.3 is 4.42 Å². The summed E-state index contributed by atoms with van der Waals surface area (Å²) in [6.45, 7) is 0. The van der Waals surface area contributed by atoms with Gasteiger partial charge in [0.2, 0.25) is 0 Å². The Hall–Kier alpha value is -1.88. The third-order valence-electron chi connectivity index (χ3n) is 2.43. The number of nitrogens with one attached hydrogen (secondary N) is 1. The maximum absolute atomic E-state index is 5.34. The smallest absolute Gasteiger partial charge is 0.156 e. The minimum atomic E-state index is 0.699. The van der Waals surface area contributed by atoms with Gasteiger partial charge in [-0.15, -0.1) is 0 Å². The van der Waals surface area contributed by atoms with Gasteiger partial charge in [-0.2, -0.15) is 15.4 Å². The first-order valence-corrected chi connectivity index (χ1v) is 5.85. The molecule has 5 heteroatoms. The zero-order valence-electron chi connectivity index (χ0n) is 8.72. The predicted molar refractivity (Wildman–Crippen MR) is 67.2 cm³/mol. The monoisotopic (exact) mass is 289 g/mol. The van der Waals surface area contributed by atoms with E-state index in [1.807, 2.05) is 36.4 Å². The van der Waals surface area contributed by atoms with Gasteiger partial charge in [-0.25, -0.2) is 0 Å². The Kier molecular flexibility index (Phi) is 2.53. The predicted octanol–water partition coefficient (Wildman–Crippen LogP) is 3.49. The molecule has 0 bridgehead atoms. The molecule has 0 aliphatic rings. The van der Waals surface area contributed by atoms with E-state index in [-0.39, 0.29) is 0 Å². The highest BCUT2D eigenvalue weighted by molar-refractivity contribution is 9.10. The summed E-state index contributed by atoms with van der Waals surface area (Å²) in [4.78, 5) is 0. The van der Waals surface area contributed by atoms with Crippen molar-refractivity contribution in [3.63, 3.8) is 0 Å². The number of furan rings is 1. The van der Waals surface area contributed by atoms with E-state index < -0.39 is 0 Å². The third kappa shape index (κ3) is 1.78. The fourth-order valence-electron chi connectivity index (χ4n) is 1.66. The van der Waals surface area contributed by atoms with Crippen LogP contribution in [0, 0.1) is 0 Å². The number of rotatable bonds is 2. The summed E-state index contributed by atoms with van der Waals surface area (Å²) >= 11 is 3.50. The van der Waals surface area contributed by atoms with Crippen LogP contribution in [0.15, 0.2) is 51.6 Å². The highest BCUT2D eigenvalue weighted by atomic mass is 79.9. The number of halogens is 1. The van der Waals surface area contributed by atoms with Crippen molar-refractivity contribution in [3.8, 4) is 22.7 Å². The van der Waals surface area contributed by atoms with Crippen molar-refractivity contribution in [2.75, 3.05) is 0 Å². The standard InChI is InChI=1S/C12H8BrN3O/c13-9-5-2-1-4-8(9)11-12(15-16-14-11)10-6-3-7-17-10/h1-7H,(H,14,15,16). The quantitative estimate of drug-likeness (QED) is 0.786. The molecule has 0 aliphatic carbocycles. The Morgan fingerprint density at radius 2 is 1.82 bits per heavy atom. The van der Waals surface area contributed by atoms with Crippen LogP contribution in [-0.4, -0.2) is 15.4 Å². The van der Waals surface area contributed by atoms with E-state index in [9.17, 15) is 0 Å². The fourth-order valence-corrected chi connectivity index (χ4v) is 2.13. The van der Waals surface area contributed by atoms with Crippen LogP contribution in [-0.2, 0) is 0 Å². The average molecular weight is 290 g/mol. The van der Waals surface area contributed by atoms with E-state index in [1.54, 1.807) is 6.26 Å². The van der Waals surface area contributed by atoms with Crippen LogP contribution in [0.5, 0.6) is 0 Å². The van der Waals surface area contributed by atoms with E-state index in [4.69, 9.17) is 4.42 Å². The van der Waals surface area contributed by atoms with Crippen molar-refractivity contribution >= 4 is 15.9 Å². The fraction of sp³-hybridized carbons (Fsp3) is 0. The molecule has 0 aliphatic heterocycles. The number of hydrogen-bond acceptors (Lipinski definition) is 3. The summed E-state index contributed by atoms with van der Waals surface area (Å²) in [7, 11) is 0. The SMILES string of the molecule is Brc1ccccc1-c1n[nH]nc1-c1ccco1. The van der Waals surface area contributed by atoms with E-state index in [0.717, 1.165) is 15.7 Å². The van der Waals surface area contributed by atoms with Crippen LogP contribution in [0.3, 0.4) is 0 Å². The molecule has 0 amide bonds. The molecule has 0 saturated carbocycles. The number of nitrogens with zero attached hydrogens (tertiary/aromatic N) is 2. The van der Waals surface area contributed by atoms with Crippen molar-refractivity contribution in [2.24, 2.45) is 0 Å². The lowest BCUT2D eigenvalue weighted by Crippen LogP contribution is -1.83. The summed E-state index contributed by atoms with van der Waals surface area (Å²) < 4.78 is 6.32. The molecule has 2 aromatic heterocycles. The van der Waals surface area contributed by atoms with Gasteiger partial charge in [0.25, 0.3) is 0 Å². The summed E-state index contributed by atoms with van der Waals surface area (Å²) in [6, 6.07) is 11.6. The third-order valence-corrected chi connectivity index (χ3v) is 3.12. The van der Waals surface area contributed by atoms with Gasteiger partial charge in [0.1, 0.15) is 5.69 Å². The second-order valence-corrected chi connectivity index (χ2v) is 4.33. The summed E-state index contributed by atoms with van der Waals surface area (Å²) in [5.74, 6) is 0.699. The zero-order chi connectivity index (χ0) is 11.7. The maximum Gasteiger partial charge on any atom is 0.156 e. The summed E-state index contributed by atoms with van der Waals surface area (Å²) in [5.41, 5.74) is 2.46. The van der Waals surface area contributed by atoms with E-state index in [2.05, 4.69) is 31.3 Å². The molecule has 17 heavy (non-hydrogen) atoms. The molecule has 0 spiro atoms. The van der Waals surface area contributed by atoms with Gasteiger partial charge in [-0.3, -0.25) is 0 Å². The first-order valence-electron chi connectivity index (χ1n) is 5.06. The minimum Gasteiger partial charge on any atom is -0.463 e. The van der Waals surface area contributed by atoms with E-state index >= 15 is 0 Å². The second-order valence-electron chi connectivity index (χ2n) is 3.48. The summed E-state index contributed by atoms with van der Waals surface area (Å²) in [5, 5.41) is 10.9. The zero-order valence-corrected chi connectivity index (χ0v) is 10.3. The van der Waals surface area contributed by atoms with Crippen LogP contribution in [0.2, 0.25) is 0 Å². The number of hydrogen-bond donors (Lipinski definition) is 1. The molecule has 0 saturated heterocycles. The van der Waals surface area contributed by atoms with E-state index in [0.29, 0.717) is 11.5 Å². The largest absolute Gasteiger partial charge is 0.463 e. The highest BCUT2D eigenvalue weighted by Crippen LogP contribution is 2.32. The maximum atomic E-state index is 5.34. The molecular weight excluding hydrogens is 282 g/mol. The molecule has 0 fully saturated rings. The normalized spacial score (nSPS) is 10.6. The van der Waals surface area contributed by atoms with Crippen molar-refractivity contribution in [1.29, 1.82) is 0 Å². The molecule has 3 aromatic rings. The Morgan fingerprint density at radius 1 is 1.00 bits per heavy atom. The van der Waals surface area contributed by atoms with E-state index in [1.165, 1.54) is 0 Å². The van der Waals surface area contributed by atoms with Crippen molar-refractivity contribution in [2.45, 2.75) is 0 Å². The lowest BCUT2D eigenvalue weighted by atomic mass is 10.1. The molecule has 1 aromatic carbocycles. The Labute approximate surface area is 106 Å². The Balaban J connectivity index is 2.17. The van der Waals surface area contributed by atoms with Crippen LogP contribution in [0.4, 0.5) is 0 Å². The number of benzene rings is 1. The van der Waals surface area contributed by atoms with Gasteiger partial charge in [-0.05, 0) is 18.2 Å². The molecule has 4 nitrogen and oxygen atoms in total. The number of H-pyrrole nitrogens is 1. The molecule has 3 rings (SSSR count). The first-order chi connectivity index (χ1) is 8.36. The molecular formula is C12H8BrN3O. The topological polar surface area (TPSA) is 54.7 Å². The molecule has 1 N–H and O–H groups in total. The first kappa shape index (κ1) is 10.3. The van der Waals surface area contributed by atoms with Gasteiger partial charge in [0.05, 0.1) is 6.26 Å². The molecule has 0 unspecified atom stereocenters. The highest BCUT2D eigenvalue weighted by Gasteiger charge is 2.16.